The van der Waals surface area contributed by atoms with E-state index in [1.54, 1.807) is 11.2 Å². The van der Waals surface area contributed by atoms with E-state index in [1.165, 1.54) is 0 Å². The largest absolute Gasteiger partial charge is 0.390 e. The Morgan fingerprint density at radius 1 is 1.54 bits per heavy atom. The second-order valence-electron chi connectivity index (χ2n) is 3.26. The average molecular weight is 184 g/mol. The van der Waals surface area contributed by atoms with Crippen LogP contribution in [0.1, 0.15) is 33.6 Å². The Morgan fingerprint density at radius 3 is 2.23 bits per heavy atom. The zero-order chi connectivity index (χ0) is 10.5. The molecule has 0 amide bonds. The van der Waals surface area contributed by atoms with Gasteiger partial charge in [0, 0.05) is 12.9 Å². The molecule has 76 valence electrons. The van der Waals surface area contributed by atoms with Gasteiger partial charge < -0.3 is 5.11 Å². The van der Waals surface area contributed by atoms with Crippen LogP contribution in [0.3, 0.4) is 0 Å². The molecule has 0 bridgehead atoms. The highest BCUT2D eigenvalue weighted by molar-refractivity contribution is 5.23. The molecule has 0 saturated heterocycles. The molecule has 1 fully saturated rings. The molecule has 0 aromatic carbocycles. The topological polar surface area (TPSA) is 35.8 Å². The van der Waals surface area contributed by atoms with Crippen molar-refractivity contribution < 1.29 is 5.11 Å². The Kier molecular flexibility index (Phi) is 4.70. The van der Waals surface area contributed by atoms with Crippen LogP contribution >= 0.6 is 0 Å². The van der Waals surface area contributed by atoms with Crippen molar-refractivity contribution in [2.75, 3.05) is 0 Å². The number of hydrogen-bond acceptors (Lipinski definition) is 3. The van der Waals surface area contributed by atoms with Crippen molar-refractivity contribution in [1.29, 1.82) is 0 Å². The highest BCUT2D eigenvalue weighted by atomic mass is 16.3. The van der Waals surface area contributed by atoms with Crippen molar-refractivity contribution >= 4 is 6.72 Å². The minimum atomic E-state index is -0.503. The third-order valence-electron chi connectivity index (χ3n) is 2.08. The van der Waals surface area contributed by atoms with E-state index >= 15 is 0 Å². The highest BCUT2D eigenvalue weighted by Crippen LogP contribution is 2.35. The third kappa shape index (κ3) is 3.19. The van der Waals surface area contributed by atoms with Gasteiger partial charge >= 0.3 is 0 Å². The molecule has 0 atom stereocenters. The first kappa shape index (κ1) is 12.2. The van der Waals surface area contributed by atoms with Crippen LogP contribution < -0.4 is 0 Å². The molecule has 1 rings (SSSR count). The second kappa shape index (κ2) is 5.02. The van der Waals surface area contributed by atoms with E-state index in [9.17, 15) is 5.11 Å². The quantitative estimate of drug-likeness (QED) is 0.538. The fourth-order valence-electron chi connectivity index (χ4n) is 1.46. The molecule has 1 saturated carbocycles. The normalized spacial score (nSPS) is 30.6. The maximum absolute atomic E-state index is 9.40. The number of hydrazone groups is 1. The van der Waals surface area contributed by atoms with E-state index in [2.05, 4.69) is 18.4 Å². The SMILES string of the molecule is C=CN(N=C)C1CC(C)(O)C1.CC. The van der Waals surface area contributed by atoms with Crippen molar-refractivity contribution in [2.24, 2.45) is 5.10 Å². The maximum atomic E-state index is 9.40. The number of rotatable bonds is 3. The van der Waals surface area contributed by atoms with Crippen LogP contribution in [0.25, 0.3) is 0 Å². The van der Waals surface area contributed by atoms with Crippen LogP contribution in [0.2, 0.25) is 0 Å². The molecule has 13 heavy (non-hydrogen) atoms. The Labute approximate surface area is 80.8 Å². The van der Waals surface area contributed by atoms with Crippen molar-refractivity contribution in [3.8, 4) is 0 Å². The van der Waals surface area contributed by atoms with Gasteiger partial charge in [-0.2, -0.15) is 5.10 Å². The molecule has 1 aliphatic rings. The molecule has 1 N–H and O–H groups in total. The first-order valence-electron chi connectivity index (χ1n) is 4.69. The molecule has 3 heteroatoms. The van der Waals surface area contributed by atoms with Crippen molar-refractivity contribution in [3.05, 3.63) is 12.8 Å². The summed E-state index contributed by atoms with van der Waals surface area (Å²) in [6, 6.07) is 0.292. The summed E-state index contributed by atoms with van der Waals surface area (Å²) in [5, 5.41) is 14.8. The van der Waals surface area contributed by atoms with Gasteiger partial charge in [-0.3, -0.25) is 5.01 Å². The fraction of sp³-hybridized carbons (Fsp3) is 0.700. The predicted molar refractivity (Wildman–Crippen MR) is 56.6 cm³/mol. The van der Waals surface area contributed by atoms with E-state index in [4.69, 9.17) is 0 Å². The van der Waals surface area contributed by atoms with Gasteiger partial charge in [0.2, 0.25) is 0 Å². The van der Waals surface area contributed by atoms with E-state index in [0.717, 1.165) is 12.8 Å². The lowest BCUT2D eigenvalue weighted by molar-refractivity contribution is -0.0662. The first-order chi connectivity index (χ1) is 6.09. The fourth-order valence-corrected chi connectivity index (χ4v) is 1.46. The van der Waals surface area contributed by atoms with Gasteiger partial charge in [0.1, 0.15) is 0 Å². The van der Waals surface area contributed by atoms with Gasteiger partial charge in [-0.25, -0.2) is 0 Å². The number of nitrogens with zero attached hydrogens (tertiary/aromatic N) is 2. The van der Waals surface area contributed by atoms with Crippen LogP contribution in [0, 0.1) is 0 Å². The van der Waals surface area contributed by atoms with Crippen LogP contribution in [0.5, 0.6) is 0 Å². The second-order valence-corrected chi connectivity index (χ2v) is 3.26. The van der Waals surface area contributed by atoms with Gasteiger partial charge in [0.15, 0.2) is 0 Å². The Bertz CT molecular complexity index is 162. The molecule has 0 radical (unpaired) electrons. The molecule has 0 aliphatic heterocycles. The molecule has 0 aromatic heterocycles. The van der Waals surface area contributed by atoms with Crippen LogP contribution in [0.15, 0.2) is 17.9 Å². The number of hydrogen-bond donors (Lipinski definition) is 1. The molecule has 1 aliphatic carbocycles. The monoisotopic (exact) mass is 184 g/mol. The molecule has 3 nitrogen and oxygen atoms in total. The molecule has 0 heterocycles. The zero-order valence-corrected chi connectivity index (χ0v) is 8.82. The Balaban J connectivity index is 0.000000671. The van der Waals surface area contributed by atoms with Crippen molar-refractivity contribution in [1.82, 2.24) is 5.01 Å². The van der Waals surface area contributed by atoms with E-state index < -0.39 is 5.60 Å². The maximum Gasteiger partial charge on any atom is 0.0660 e. The van der Waals surface area contributed by atoms with Gasteiger partial charge in [-0.1, -0.05) is 20.4 Å². The number of aliphatic hydroxyl groups is 1. The van der Waals surface area contributed by atoms with Crippen molar-refractivity contribution in [3.63, 3.8) is 0 Å². The smallest absolute Gasteiger partial charge is 0.0660 e. The summed E-state index contributed by atoms with van der Waals surface area (Å²) in [5.74, 6) is 0. The van der Waals surface area contributed by atoms with Crippen LogP contribution in [-0.4, -0.2) is 28.5 Å². The minimum absolute atomic E-state index is 0.292. The molecular formula is C10H20N2O. The summed E-state index contributed by atoms with van der Waals surface area (Å²) in [6.45, 7) is 12.8. The average Bonchev–Trinajstić information content (AvgIpc) is 2.07. The summed E-state index contributed by atoms with van der Waals surface area (Å²) < 4.78 is 0. The lowest BCUT2D eigenvalue weighted by Gasteiger charge is -2.44. The predicted octanol–water partition coefficient (Wildman–Crippen LogP) is 1.99. The highest BCUT2D eigenvalue weighted by Gasteiger charge is 2.40. The first-order valence-corrected chi connectivity index (χ1v) is 4.69. The van der Waals surface area contributed by atoms with E-state index in [1.807, 2.05) is 20.8 Å². The van der Waals surface area contributed by atoms with Crippen molar-refractivity contribution in [2.45, 2.75) is 45.3 Å². The molecule has 0 spiro atoms. The minimum Gasteiger partial charge on any atom is -0.390 e. The molecule has 0 aromatic rings. The van der Waals surface area contributed by atoms with E-state index in [0.29, 0.717) is 6.04 Å². The standard InChI is InChI=1S/C8H14N2O.C2H6/c1-4-10(9-3)7-5-8(2,11)6-7;1-2/h4,7,11H,1,3,5-6H2,2H3;1-2H3. The lowest BCUT2D eigenvalue weighted by atomic mass is 9.77. The van der Waals surface area contributed by atoms with Gasteiger partial charge in [-0.15, -0.1) is 0 Å². The van der Waals surface area contributed by atoms with Crippen LogP contribution in [-0.2, 0) is 0 Å². The summed E-state index contributed by atoms with van der Waals surface area (Å²) in [7, 11) is 0. The van der Waals surface area contributed by atoms with Crippen LogP contribution in [0.4, 0.5) is 0 Å². The summed E-state index contributed by atoms with van der Waals surface area (Å²) in [6.07, 6.45) is 3.13. The van der Waals surface area contributed by atoms with Gasteiger partial charge in [0.05, 0.1) is 11.6 Å². The zero-order valence-electron chi connectivity index (χ0n) is 8.82. The Morgan fingerprint density at radius 2 is 2.00 bits per heavy atom. The molecular weight excluding hydrogens is 164 g/mol. The van der Waals surface area contributed by atoms with Gasteiger partial charge in [0.25, 0.3) is 0 Å². The third-order valence-corrected chi connectivity index (χ3v) is 2.08. The Hall–Kier alpha value is -0.830. The molecule has 0 unspecified atom stereocenters. The van der Waals surface area contributed by atoms with Gasteiger partial charge in [-0.05, 0) is 19.8 Å². The van der Waals surface area contributed by atoms with E-state index in [-0.39, 0.29) is 0 Å². The summed E-state index contributed by atoms with van der Waals surface area (Å²) in [5.41, 5.74) is -0.503. The summed E-state index contributed by atoms with van der Waals surface area (Å²) in [4.78, 5) is 0. The summed E-state index contributed by atoms with van der Waals surface area (Å²) >= 11 is 0. The lowest BCUT2D eigenvalue weighted by Crippen LogP contribution is -2.50.